The van der Waals surface area contributed by atoms with E-state index in [0.29, 0.717) is 31.1 Å². The molecule has 1 saturated carbocycles. The highest BCUT2D eigenvalue weighted by Crippen LogP contribution is 2.47. The van der Waals surface area contributed by atoms with Crippen LogP contribution >= 0.6 is 0 Å². The van der Waals surface area contributed by atoms with E-state index in [1.165, 1.54) is 5.56 Å². The van der Waals surface area contributed by atoms with Gasteiger partial charge in [-0.25, -0.2) is 0 Å². The fraction of sp³-hybridized carbons (Fsp3) is 0.393. The number of ether oxygens (including phenoxy) is 2. The number of aromatic nitrogens is 2. The number of amides is 2. The van der Waals surface area contributed by atoms with Gasteiger partial charge < -0.3 is 25.0 Å². The Morgan fingerprint density at radius 1 is 1.19 bits per heavy atom. The van der Waals surface area contributed by atoms with E-state index in [2.05, 4.69) is 34.8 Å². The number of nitrogens with zero attached hydrogens (tertiary/aromatic N) is 3. The van der Waals surface area contributed by atoms with Crippen LogP contribution in [0.1, 0.15) is 24.8 Å². The van der Waals surface area contributed by atoms with Gasteiger partial charge in [0.1, 0.15) is 24.1 Å². The van der Waals surface area contributed by atoms with Gasteiger partial charge in [0.15, 0.2) is 6.10 Å². The second kappa shape index (κ2) is 9.46. The predicted molar refractivity (Wildman–Crippen MR) is 139 cm³/mol. The van der Waals surface area contributed by atoms with E-state index < -0.39 is 6.10 Å². The number of nitrogens with one attached hydrogen (secondary N) is 2. The van der Waals surface area contributed by atoms with Crippen LogP contribution < -0.4 is 20.1 Å². The number of likely N-dealkylation sites (tertiary alicyclic amines) is 1. The van der Waals surface area contributed by atoms with Crippen LogP contribution in [0.3, 0.4) is 0 Å². The predicted octanol–water partition coefficient (Wildman–Crippen LogP) is 3.46. The van der Waals surface area contributed by atoms with Gasteiger partial charge in [-0.05, 0) is 50.5 Å². The summed E-state index contributed by atoms with van der Waals surface area (Å²) in [6.07, 6.45) is 5.92. The molecule has 6 rings (SSSR count). The van der Waals surface area contributed by atoms with E-state index in [9.17, 15) is 9.59 Å². The van der Waals surface area contributed by atoms with Crippen molar-refractivity contribution >= 4 is 23.2 Å². The van der Waals surface area contributed by atoms with Crippen LogP contribution in [0, 0.1) is 12.3 Å². The maximum Gasteiger partial charge on any atom is 0.267 e. The maximum absolute atomic E-state index is 12.9. The Morgan fingerprint density at radius 2 is 2.00 bits per heavy atom. The standard InChI is InChI=1S/C28H31N5O4/c1-19-8-10-21(11-9-19)36-25-7-4-12-28(25)17-32(18-28)26(34)16-33-15-20(13-30-33)31-27(35)24-14-29-22-5-2-3-6-23(22)37-24/h2-3,5-6,8-11,13,15,24-25,29H,4,7,12,14,16-18H2,1H3,(H,31,35). The van der Waals surface area contributed by atoms with Crippen molar-refractivity contribution in [2.45, 2.75) is 44.9 Å². The number of hydrogen-bond donors (Lipinski definition) is 2. The Bertz CT molecular complexity index is 1300. The Morgan fingerprint density at radius 3 is 2.84 bits per heavy atom. The smallest absolute Gasteiger partial charge is 0.267 e. The lowest BCUT2D eigenvalue weighted by atomic mass is 9.76. The molecule has 9 nitrogen and oxygen atoms in total. The average molecular weight is 502 g/mol. The molecule has 1 aliphatic carbocycles. The Balaban J connectivity index is 1.00. The summed E-state index contributed by atoms with van der Waals surface area (Å²) in [6, 6.07) is 15.7. The lowest BCUT2D eigenvalue weighted by Crippen LogP contribution is -2.63. The van der Waals surface area contributed by atoms with E-state index in [0.717, 1.165) is 30.7 Å². The summed E-state index contributed by atoms with van der Waals surface area (Å²) < 4.78 is 13.7. The first-order valence-corrected chi connectivity index (χ1v) is 12.8. The molecule has 2 N–H and O–H groups in total. The van der Waals surface area contributed by atoms with Crippen molar-refractivity contribution in [3.05, 3.63) is 66.5 Å². The number of aryl methyl sites for hydroxylation is 1. The zero-order chi connectivity index (χ0) is 25.4. The van der Waals surface area contributed by atoms with Crippen LogP contribution in [0.4, 0.5) is 11.4 Å². The van der Waals surface area contributed by atoms with E-state index in [4.69, 9.17) is 9.47 Å². The molecule has 1 saturated heterocycles. The fourth-order valence-electron chi connectivity index (χ4n) is 5.56. The Hall–Kier alpha value is -4.01. The number of hydrogen-bond acceptors (Lipinski definition) is 6. The van der Waals surface area contributed by atoms with Crippen LogP contribution in [0.5, 0.6) is 11.5 Å². The zero-order valence-electron chi connectivity index (χ0n) is 20.9. The molecule has 2 amide bonds. The van der Waals surface area contributed by atoms with E-state index in [-0.39, 0.29) is 29.9 Å². The second-order valence-electron chi connectivity index (χ2n) is 10.3. The minimum atomic E-state index is -0.654. The molecule has 0 bridgehead atoms. The van der Waals surface area contributed by atoms with Crippen LogP contribution in [0.25, 0.3) is 0 Å². The summed E-state index contributed by atoms with van der Waals surface area (Å²) in [5.74, 6) is 1.30. The number of rotatable bonds is 6. The van der Waals surface area contributed by atoms with Crippen molar-refractivity contribution in [3.8, 4) is 11.5 Å². The van der Waals surface area contributed by atoms with Gasteiger partial charge in [0.2, 0.25) is 5.91 Å². The van der Waals surface area contributed by atoms with E-state index >= 15 is 0 Å². The van der Waals surface area contributed by atoms with Crippen molar-refractivity contribution in [2.24, 2.45) is 5.41 Å². The number of anilines is 2. The topological polar surface area (TPSA) is 97.7 Å². The molecule has 3 heterocycles. The Labute approximate surface area is 215 Å². The molecule has 2 aliphatic heterocycles. The molecule has 1 spiro atoms. The first-order chi connectivity index (χ1) is 18.0. The summed E-state index contributed by atoms with van der Waals surface area (Å²) in [6.45, 7) is 3.99. The van der Waals surface area contributed by atoms with Crippen LogP contribution in [-0.4, -0.2) is 58.3 Å². The van der Waals surface area contributed by atoms with Gasteiger partial charge in [0.25, 0.3) is 5.91 Å². The summed E-state index contributed by atoms with van der Waals surface area (Å²) in [4.78, 5) is 27.5. The first-order valence-electron chi connectivity index (χ1n) is 12.8. The van der Waals surface area contributed by atoms with Gasteiger partial charge in [-0.15, -0.1) is 0 Å². The minimum Gasteiger partial charge on any atom is -0.490 e. The lowest BCUT2D eigenvalue weighted by Gasteiger charge is -2.51. The van der Waals surface area contributed by atoms with Gasteiger partial charge in [0.05, 0.1) is 24.1 Å². The average Bonchev–Trinajstić information content (AvgIpc) is 3.50. The van der Waals surface area contributed by atoms with Crippen LogP contribution in [0.2, 0.25) is 0 Å². The molecule has 37 heavy (non-hydrogen) atoms. The number of fused-ring (bicyclic) bond motifs is 1. The number of benzene rings is 2. The van der Waals surface area contributed by atoms with Crippen LogP contribution in [0.15, 0.2) is 60.9 Å². The van der Waals surface area contributed by atoms with Crippen molar-refractivity contribution in [3.63, 3.8) is 0 Å². The quantitative estimate of drug-likeness (QED) is 0.537. The summed E-state index contributed by atoms with van der Waals surface area (Å²) in [5, 5.41) is 10.3. The van der Waals surface area contributed by atoms with Crippen molar-refractivity contribution in [2.75, 3.05) is 30.3 Å². The molecule has 192 valence electrons. The molecule has 2 fully saturated rings. The molecular formula is C28H31N5O4. The molecule has 3 aliphatic rings. The zero-order valence-corrected chi connectivity index (χ0v) is 20.9. The second-order valence-corrected chi connectivity index (χ2v) is 10.3. The highest BCUT2D eigenvalue weighted by atomic mass is 16.5. The molecule has 2 unspecified atom stereocenters. The summed E-state index contributed by atoms with van der Waals surface area (Å²) >= 11 is 0. The first kappa shape index (κ1) is 23.4. The number of carbonyl (C=O) groups is 2. The van der Waals surface area contributed by atoms with Gasteiger partial charge in [0, 0.05) is 24.7 Å². The van der Waals surface area contributed by atoms with Crippen molar-refractivity contribution in [1.29, 1.82) is 0 Å². The molecule has 3 aromatic rings. The van der Waals surface area contributed by atoms with Crippen molar-refractivity contribution in [1.82, 2.24) is 14.7 Å². The van der Waals surface area contributed by atoms with Crippen LogP contribution in [-0.2, 0) is 16.1 Å². The third-order valence-corrected chi connectivity index (χ3v) is 7.61. The van der Waals surface area contributed by atoms with Gasteiger partial charge >= 0.3 is 0 Å². The molecule has 0 radical (unpaired) electrons. The third kappa shape index (κ3) is 4.73. The molecule has 1 aromatic heterocycles. The molecule has 2 atom stereocenters. The van der Waals surface area contributed by atoms with Gasteiger partial charge in [-0.1, -0.05) is 29.8 Å². The monoisotopic (exact) mass is 501 g/mol. The normalized spacial score (nSPS) is 21.4. The SMILES string of the molecule is Cc1ccc(OC2CCCC23CN(C(=O)Cn2cc(NC(=O)C4CNc5ccccc5O4)cn2)C3)cc1. The largest absolute Gasteiger partial charge is 0.490 e. The van der Waals surface area contributed by atoms with Gasteiger partial charge in [-0.3, -0.25) is 14.3 Å². The van der Waals surface area contributed by atoms with E-state index in [1.54, 1.807) is 17.1 Å². The minimum absolute atomic E-state index is 0.0176. The van der Waals surface area contributed by atoms with E-state index in [1.807, 2.05) is 41.3 Å². The maximum atomic E-state index is 12.9. The molecule has 2 aromatic carbocycles. The highest BCUT2D eigenvalue weighted by Gasteiger charge is 2.54. The number of carbonyl (C=O) groups excluding carboxylic acids is 2. The molecule has 9 heteroatoms. The van der Waals surface area contributed by atoms with Gasteiger partial charge in [-0.2, -0.15) is 5.10 Å². The highest BCUT2D eigenvalue weighted by molar-refractivity contribution is 5.95. The fourth-order valence-corrected chi connectivity index (χ4v) is 5.56. The molecular weight excluding hydrogens is 470 g/mol. The third-order valence-electron chi connectivity index (χ3n) is 7.61. The summed E-state index contributed by atoms with van der Waals surface area (Å²) in [7, 11) is 0. The lowest BCUT2D eigenvalue weighted by molar-refractivity contribution is -0.149. The van der Waals surface area contributed by atoms with Crippen molar-refractivity contribution < 1.29 is 19.1 Å². The number of para-hydroxylation sites is 2. The summed E-state index contributed by atoms with van der Waals surface area (Å²) in [5.41, 5.74) is 2.65. The Kier molecular flexibility index (Phi) is 5.98.